The van der Waals surface area contributed by atoms with Crippen molar-refractivity contribution in [3.8, 4) is 11.1 Å². The number of rotatable bonds is 4. The number of carbonyl (C=O) groups excluding carboxylic acids is 1. The van der Waals surface area contributed by atoms with E-state index in [0.717, 1.165) is 35.2 Å². The van der Waals surface area contributed by atoms with Crippen LogP contribution in [-0.2, 0) is 0 Å². The molecule has 0 bridgehead atoms. The van der Waals surface area contributed by atoms with Crippen molar-refractivity contribution in [2.75, 3.05) is 29.9 Å². The van der Waals surface area contributed by atoms with Crippen LogP contribution < -0.4 is 15.5 Å². The van der Waals surface area contributed by atoms with E-state index < -0.39 is 0 Å². The second-order valence-electron chi connectivity index (χ2n) is 6.39. The quantitative estimate of drug-likeness (QED) is 0.673. The van der Waals surface area contributed by atoms with Gasteiger partial charge in [0.05, 0.1) is 11.0 Å². The van der Waals surface area contributed by atoms with Crippen LogP contribution in [0.15, 0.2) is 36.7 Å². The monoisotopic (exact) mass is 350 g/mol. The van der Waals surface area contributed by atoms with Gasteiger partial charge in [0.25, 0.3) is 0 Å². The summed E-state index contributed by atoms with van der Waals surface area (Å²) in [5, 5.41) is 5.44. The normalized spacial score (nSPS) is 14.0. The molecule has 3 heterocycles. The minimum atomic E-state index is -0.265. The summed E-state index contributed by atoms with van der Waals surface area (Å²) in [4.78, 5) is 26.1. The Morgan fingerprint density at radius 3 is 2.88 bits per heavy atom. The Morgan fingerprint density at radius 1 is 1.31 bits per heavy atom. The number of hydrogen-bond acceptors (Lipinski definition) is 4. The van der Waals surface area contributed by atoms with Crippen LogP contribution >= 0.6 is 0 Å². The minimum absolute atomic E-state index is 0.265. The van der Waals surface area contributed by atoms with Crippen LogP contribution in [0, 0.1) is 0 Å². The highest BCUT2D eigenvalue weighted by Gasteiger charge is 2.19. The molecular formula is C19H22N6O. The molecule has 0 spiro atoms. The zero-order valence-corrected chi connectivity index (χ0v) is 14.7. The molecule has 0 saturated carbocycles. The maximum atomic E-state index is 11.8. The molecular weight excluding hydrogens is 328 g/mol. The Bertz CT molecular complexity index is 914. The molecule has 7 heteroatoms. The van der Waals surface area contributed by atoms with Gasteiger partial charge in [0.1, 0.15) is 0 Å². The van der Waals surface area contributed by atoms with Crippen molar-refractivity contribution in [2.24, 2.45) is 0 Å². The summed E-state index contributed by atoms with van der Waals surface area (Å²) in [6, 6.07) is 7.94. The molecule has 1 fully saturated rings. The molecule has 1 aliphatic heterocycles. The van der Waals surface area contributed by atoms with E-state index in [1.165, 1.54) is 18.5 Å². The highest BCUT2D eigenvalue weighted by atomic mass is 16.2. The van der Waals surface area contributed by atoms with Gasteiger partial charge in [0, 0.05) is 48.8 Å². The van der Waals surface area contributed by atoms with Crippen LogP contribution in [0.25, 0.3) is 22.2 Å². The average Bonchev–Trinajstić information content (AvgIpc) is 3.30. The number of fused-ring (bicyclic) bond motifs is 1. The van der Waals surface area contributed by atoms with Crippen molar-refractivity contribution in [1.29, 1.82) is 0 Å². The van der Waals surface area contributed by atoms with Crippen molar-refractivity contribution in [3.05, 3.63) is 36.7 Å². The lowest BCUT2D eigenvalue weighted by molar-refractivity contribution is 0.252. The van der Waals surface area contributed by atoms with Gasteiger partial charge in [0.2, 0.25) is 5.95 Å². The van der Waals surface area contributed by atoms with E-state index in [-0.39, 0.29) is 6.03 Å². The molecule has 134 valence electrons. The number of aromatic amines is 1. The molecule has 0 atom stereocenters. The van der Waals surface area contributed by atoms with Crippen LogP contribution in [0.1, 0.15) is 19.8 Å². The first-order valence-electron chi connectivity index (χ1n) is 8.98. The fourth-order valence-electron chi connectivity index (χ4n) is 3.39. The number of imidazole rings is 1. The highest BCUT2D eigenvalue weighted by molar-refractivity contribution is 5.94. The summed E-state index contributed by atoms with van der Waals surface area (Å²) >= 11 is 0. The van der Waals surface area contributed by atoms with E-state index in [9.17, 15) is 4.79 Å². The van der Waals surface area contributed by atoms with Gasteiger partial charge in [0.15, 0.2) is 0 Å². The lowest BCUT2D eigenvalue weighted by Crippen LogP contribution is -2.28. The van der Waals surface area contributed by atoms with Crippen molar-refractivity contribution >= 4 is 28.7 Å². The number of urea groups is 1. The Labute approximate surface area is 151 Å². The van der Waals surface area contributed by atoms with Gasteiger partial charge in [-0.3, -0.25) is 10.3 Å². The maximum Gasteiger partial charge on any atom is 0.321 e. The fraction of sp³-hybridized carbons (Fsp3) is 0.316. The first-order chi connectivity index (χ1) is 12.7. The first kappa shape index (κ1) is 16.4. The van der Waals surface area contributed by atoms with Gasteiger partial charge in [-0.05, 0) is 38.0 Å². The molecule has 1 aromatic carbocycles. The zero-order valence-electron chi connectivity index (χ0n) is 14.7. The molecule has 1 saturated heterocycles. The van der Waals surface area contributed by atoms with Crippen LogP contribution in [0.5, 0.6) is 0 Å². The second-order valence-corrected chi connectivity index (χ2v) is 6.39. The van der Waals surface area contributed by atoms with Crippen LogP contribution in [0.3, 0.4) is 0 Å². The SMILES string of the molecule is CCNC(=O)Nc1nc2cc(-c3cccnc3)c(N3CCCC3)cc2[nH]1. The lowest BCUT2D eigenvalue weighted by Gasteiger charge is -2.21. The summed E-state index contributed by atoms with van der Waals surface area (Å²) < 4.78 is 0. The Kier molecular flexibility index (Phi) is 4.43. The summed E-state index contributed by atoms with van der Waals surface area (Å²) in [5.74, 6) is 0.446. The summed E-state index contributed by atoms with van der Waals surface area (Å²) in [6.45, 7) is 4.55. The number of nitrogens with zero attached hydrogens (tertiary/aromatic N) is 3. The maximum absolute atomic E-state index is 11.8. The zero-order chi connectivity index (χ0) is 17.9. The van der Waals surface area contributed by atoms with E-state index in [4.69, 9.17) is 0 Å². The van der Waals surface area contributed by atoms with Crippen molar-refractivity contribution in [2.45, 2.75) is 19.8 Å². The number of benzene rings is 1. The van der Waals surface area contributed by atoms with E-state index in [1.807, 2.05) is 19.2 Å². The van der Waals surface area contributed by atoms with Crippen LogP contribution in [0.2, 0.25) is 0 Å². The van der Waals surface area contributed by atoms with Crippen molar-refractivity contribution < 1.29 is 4.79 Å². The number of amides is 2. The standard InChI is InChI=1S/C19H22N6O/c1-2-21-19(26)24-18-22-15-10-14(13-6-5-7-20-12-13)17(11-16(15)23-18)25-8-3-4-9-25/h5-7,10-12H,2-4,8-9H2,1H3,(H3,21,22,23,24,26). The number of pyridine rings is 1. The molecule has 0 unspecified atom stereocenters. The number of carbonyl (C=O) groups is 1. The van der Waals surface area contributed by atoms with Gasteiger partial charge in [-0.25, -0.2) is 9.78 Å². The molecule has 0 radical (unpaired) electrons. The Morgan fingerprint density at radius 2 is 2.15 bits per heavy atom. The minimum Gasteiger partial charge on any atom is -0.371 e. The van der Waals surface area contributed by atoms with Gasteiger partial charge in [-0.2, -0.15) is 0 Å². The highest BCUT2D eigenvalue weighted by Crippen LogP contribution is 2.36. The van der Waals surface area contributed by atoms with Crippen molar-refractivity contribution in [3.63, 3.8) is 0 Å². The number of H-pyrrole nitrogens is 1. The molecule has 7 nitrogen and oxygen atoms in total. The fourth-order valence-corrected chi connectivity index (χ4v) is 3.39. The molecule has 3 aromatic rings. The molecule has 1 aliphatic rings. The third-order valence-corrected chi connectivity index (χ3v) is 4.59. The number of aromatic nitrogens is 3. The largest absolute Gasteiger partial charge is 0.371 e. The number of nitrogens with one attached hydrogen (secondary N) is 3. The lowest BCUT2D eigenvalue weighted by atomic mass is 10.0. The van der Waals surface area contributed by atoms with Gasteiger partial charge < -0.3 is 15.2 Å². The second kappa shape index (κ2) is 7.03. The van der Waals surface area contributed by atoms with E-state index in [0.29, 0.717) is 12.5 Å². The predicted molar refractivity (Wildman–Crippen MR) is 103 cm³/mol. The number of anilines is 2. The summed E-state index contributed by atoms with van der Waals surface area (Å²) in [7, 11) is 0. The van der Waals surface area contributed by atoms with Crippen LogP contribution in [-0.4, -0.2) is 40.6 Å². The molecule has 26 heavy (non-hydrogen) atoms. The molecule has 0 aliphatic carbocycles. The summed E-state index contributed by atoms with van der Waals surface area (Å²) in [5.41, 5.74) is 5.09. The van der Waals surface area contributed by atoms with E-state index in [2.05, 4.69) is 48.7 Å². The van der Waals surface area contributed by atoms with Gasteiger partial charge in [-0.1, -0.05) is 6.07 Å². The average molecular weight is 350 g/mol. The van der Waals surface area contributed by atoms with Crippen LogP contribution in [0.4, 0.5) is 16.4 Å². The smallest absolute Gasteiger partial charge is 0.321 e. The molecule has 2 amide bonds. The van der Waals surface area contributed by atoms with Gasteiger partial charge in [-0.15, -0.1) is 0 Å². The van der Waals surface area contributed by atoms with E-state index in [1.54, 1.807) is 6.20 Å². The topological polar surface area (TPSA) is 85.9 Å². The van der Waals surface area contributed by atoms with Crippen molar-refractivity contribution in [1.82, 2.24) is 20.3 Å². The Balaban J connectivity index is 1.77. The molecule has 2 aromatic heterocycles. The van der Waals surface area contributed by atoms with Gasteiger partial charge >= 0.3 is 6.03 Å². The number of hydrogen-bond donors (Lipinski definition) is 3. The Hall–Kier alpha value is -3.09. The molecule has 3 N–H and O–H groups in total. The third-order valence-electron chi connectivity index (χ3n) is 4.59. The summed E-state index contributed by atoms with van der Waals surface area (Å²) in [6.07, 6.45) is 6.07. The first-order valence-corrected chi connectivity index (χ1v) is 8.98. The predicted octanol–water partition coefficient (Wildman–Crippen LogP) is 3.37. The third kappa shape index (κ3) is 3.20. The van der Waals surface area contributed by atoms with E-state index >= 15 is 0 Å². The molecule has 4 rings (SSSR count).